The smallest absolute Gasteiger partial charge is 0.249 e. The van der Waals surface area contributed by atoms with E-state index in [0.717, 1.165) is 17.7 Å². The number of nitrogens with one attached hydrogen (secondary N) is 1. The Morgan fingerprint density at radius 1 is 1.35 bits per heavy atom. The molecule has 0 radical (unpaired) electrons. The van der Waals surface area contributed by atoms with Gasteiger partial charge in [-0.2, -0.15) is 4.98 Å². The Bertz CT molecular complexity index is 734. The molecule has 0 spiro atoms. The molecule has 0 bridgehead atoms. The zero-order valence-corrected chi connectivity index (χ0v) is 16.5. The van der Waals surface area contributed by atoms with E-state index in [1.54, 1.807) is 7.11 Å². The van der Waals surface area contributed by atoms with Crippen molar-refractivity contribution in [1.29, 1.82) is 0 Å². The second kappa shape index (κ2) is 8.34. The first kappa shape index (κ1) is 19.9. The Hall–Kier alpha value is -2.37. The lowest BCUT2D eigenvalue weighted by Gasteiger charge is -2.23. The van der Waals surface area contributed by atoms with Crippen molar-refractivity contribution < 1.29 is 14.1 Å². The quantitative estimate of drug-likeness (QED) is 0.793. The predicted molar refractivity (Wildman–Crippen MR) is 101 cm³/mol. The Balaban J connectivity index is 2.23. The number of benzene rings is 1. The number of amides is 1. The molecule has 2 atom stereocenters. The third-order valence-corrected chi connectivity index (χ3v) is 4.26. The summed E-state index contributed by atoms with van der Waals surface area (Å²) in [5, 5.41) is 7.16. The second-order valence-electron chi connectivity index (χ2n) is 7.86. The predicted octanol–water partition coefficient (Wildman–Crippen LogP) is 4.38. The van der Waals surface area contributed by atoms with Gasteiger partial charge in [-0.3, -0.25) is 4.79 Å². The van der Waals surface area contributed by atoms with Crippen LogP contribution in [0.3, 0.4) is 0 Å². The van der Waals surface area contributed by atoms with Gasteiger partial charge in [-0.15, -0.1) is 0 Å². The molecule has 2 rings (SSSR count). The maximum absolute atomic E-state index is 12.4. The molecule has 26 heavy (non-hydrogen) atoms. The number of methoxy groups -OCH3 is 1. The van der Waals surface area contributed by atoms with Crippen molar-refractivity contribution in [3.05, 3.63) is 30.2 Å². The summed E-state index contributed by atoms with van der Waals surface area (Å²) in [5.74, 6) is 1.81. The van der Waals surface area contributed by atoms with Crippen LogP contribution in [0.15, 0.2) is 28.8 Å². The number of nitrogens with zero attached hydrogens (tertiary/aromatic N) is 2. The number of carbonyl (C=O) groups is 1. The average molecular weight is 359 g/mol. The van der Waals surface area contributed by atoms with E-state index in [-0.39, 0.29) is 23.3 Å². The summed E-state index contributed by atoms with van der Waals surface area (Å²) in [6.45, 7) is 10.3. The van der Waals surface area contributed by atoms with Crippen LogP contribution in [-0.4, -0.2) is 23.2 Å². The molecule has 2 aromatic rings. The number of aromatic nitrogens is 2. The molecule has 0 fully saturated rings. The highest BCUT2D eigenvalue weighted by atomic mass is 16.5. The zero-order valence-electron chi connectivity index (χ0n) is 16.5. The van der Waals surface area contributed by atoms with Gasteiger partial charge in [0.05, 0.1) is 7.11 Å². The minimum absolute atomic E-state index is 0.0102. The normalized spacial score (nSPS) is 13.9. The van der Waals surface area contributed by atoms with Gasteiger partial charge in [0, 0.05) is 12.0 Å². The first-order valence-electron chi connectivity index (χ1n) is 9.01. The third kappa shape index (κ3) is 5.31. The maximum atomic E-state index is 12.4. The fourth-order valence-electron chi connectivity index (χ4n) is 2.63. The molecule has 1 amide bonds. The Labute approximate surface area is 155 Å². The van der Waals surface area contributed by atoms with Gasteiger partial charge in [0.2, 0.25) is 17.6 Å². The number of carbonyl (C=O) groups excluding carboxylic acids is 1. The molecule has 1 aromatic carbocycles. The fraction of sp³-hybridized carbons (Fsp3) is 0.550. The average Bonchev–Trinajstić information content (AvgIpc) is 3.07. The molecule has 0 saturated carbocycles. The van der Waals surface area contributed by atoms with Crippen LogP contribution in [0.5, 0.6) is 5.75 Å². The number of hydrogen-bond donors (Lipinski definition) is 1. The van der Waals surface area contributed by atoms with Crippen LogP contribution in [0.2, 0.25) is 0 Å². The molecular formula is C20H29N3O3. The molecule has 0 aliphatic heterocycles. The van der Waals surface area contributed by atoms with E-state index >= 15 is 0 Å². The van der Waals surface area contributed by atoms with Crippen LogP contribution in [0, 0.1) is 11.3 Å². The van der Waals surface area contributed by atoms with E-state index < -0.39 is 0 Å². The summed E-state index contributed by atoms with van der Waals surface area (Å²) in [5.41, 5.74) is 0.730. The van der Waals surface area contributed by atoms with E-state index in [2.05, 4.69) is 29.3 Å². The Morgan fingerprint density at radius 2 is 2.08 bits per heavy atom. The van der Waals surface area contributed by atoms with Crippen molar-refractivity contribution in [3.63, 3.8) is 0 Å². The van der Waals surface area contributed by atoms with E-state index in [9.17, 15) is 4.79 Å². The van der Waals surface area contributed by atoms with Crippen molar-refractivity contribution in [2.75, 3.05) is 7.11 Å². The SMILES string of the molecule is CC[C@H](C)[C@H](NC(=O)CC(C)(C)C)c1nc(-c2cccc(OC)c2)no1. The molecule has 1 heterocycles. The fourth-order valence-corrected chi connectivity index (χ4v) is 2.63. The molecule has 142 valence electrons. The lowest BCUT2D eigenvalue weighted by atomic mass is 9.91. The Morgan fingerprint density at radius 3 is 2.69 bits per heavy atom. The van der Waals surface area contributed by atoms with Crippen LogP contribution >= 0.6 is 0 Å². The summed E-state index contributed by atoms with van der Waals surface area (Å²) >= 11 is 0. The summed E-state index contributed by atoms with van der Waals surface area (Å²) in [4.78, 5) is 16.9. The highest BCUT2D eigenvalue weighted by Crippen LogP contribution is 2.28. The molecule has 6 nitrogen and oxygen atoms in total. The molecule has 0 unspecified atom stereocenters. The van der Waals surface area contributed by atoms with Crippen LogP contribution < -0.4 is 10.1 Å². The lowest BCUT2D eigenvalue weighted by molar-refractivity contribution is -0.124. The van der Waals surface area contributed by atoms with Gasteiger partial charge in [-0.25, -0.2) is 0 Å². The Kier molecular flexibility index (Phi) is 6.40. The van der Waals surface area contributed by atoms with Crippen molar-refractivity contribution >= 4 is 5.91 Å². The molecule has 6 heteroatoms. The number of ether oxygens (including phenoxy) is 1. The monoisotopic (exact) mass is 359 g/mol. The van der Waals surface area contributed by atoms with Gasteiger partial charge < -0.3 is 14.6 Å². The highest BCUT2D eigenvalue weighted by Gasteiger charge is 2.28. The first-order chi connectivity index (χ1) is 12.2. The van der Waals surface area contributed by atoms with Gasteiger partial charge in [0.25, 0.3) is 0 Å². The van der Waals surface area contributed by atoms with E-state index in [0.29, 0.717) is 18.1 Å². The number of hydrogen-bond acceptors (Lipinski definition) is 5. The van der Waals surface area contributed by atoms with Crippen molar-refractivity contribution in [1.82, 2.24) is 15.5 Å². The summed E-state index contributed by atoms with van der Waals surface area (Å²) in [6.07, 6.45) is 1.33. The van der Waals surface area contributed by atoms with Crippen LogP contribution in [0.1, 0.15) is 59.4 Å². The molecule has 1 N–H and O–H groups in total. The zero-order chi connectivity index (χ0) is 19.3. The van der Waals surface area contributed by atoms with Gasteiger partial charge in [0.1, 0.15) is 11.8 Å². The molecule has 0 aliphatic carbocycles. The second-order valence-corrected chi connectivity index (χ2v) is 7.86. The van der Waals surface area contributed by atoms with E-state index in [1.165, 1.54) is 0 Å². The summed E-state index contributed by atoms with van der Waals surface area (Å²) in [6, 6.07) is 7.18. The molecule has 0 aliphatic rings. The number of rotatable bonds is 7. The van der Waals surface area contributed by atoms with Gasteiger partial charge in [-0.05, 0) is 23.5 Å². The van der Waals surface area contributed by atoms with Crippen LogP contribution in [-0.2, 0) is 4.79 Å². The molecular weight excluding hydrogens is 330 g/mol. The first-order valence-corrected chi connectivity index (χ1v) is 9.01. The topological polar surface area (TPSA) is 77.2 Å². The minimum atomic E-state index is -0.304. The third-order valence-electron chi connectivity index (χ3n) is 4.26. The maximum Gasteiger partial charge on any atom is 0.249 e. The van der Waals surface area contributed by atoms with Crippen molar-refractivity contribution in [2.24, 2.45) is 11.3 Å². The highest BCUT2D eigenvalue weighted by molar-refractivity contribution is 5.77. The summed E-state index contributed by atoms with van der Waals surface area (Å²) < 4.78 is 10.7. The minimum Gasteiger partial charge on any atom is -0.497 e. The molecule has 1 aromatic heterocycles. The van der Waals surface area contributed by atoms with Crippen molar-refractivity contribution in [2.45, 2.75) is 53.5 Å². The lowest BCUT2D eigenvalue weighted by Crippen LogP contribution is -2.34. The van der Waals surface area contributed by atoms with Gasteiger partial charge in [0.15, 0.2) is 0 Å². The van der Waals surface area contributed by atoms with Crippen LogP contribution in [0.25, 0.3) is 11.4 Å². The van der Waals surface area contributed by atoms with Crippen LogP contribution in [0.4, 0.5) is 0 Å². The van der Waals surface area contributed by atoms with E-state index in [1.807, 2.05) is 45.0 Å². The van der Waals surface area contributed by atoms with Gasteiger partial charge in [-0.1, -0.05) is 58.3 Å². The summed E-state index contributed by atoms with van der Waals surface area (Å²) in [7, 11) is 1.62. The van der Waals surface area contributed by atoms with E-state index in [4.69, 9.17) is 9.26 Å². The largest absolute Gasteiger partial charge is 0.497 e. The molecule has 0 saturated heterocycles. The van der Waals surface area contributed by atoms with Crippen molar-refractivity contribution in [3.8, 4) is 17.1 Å². The van der Waals surface area contributed by atoms with Gasteiger partial charge >= 0.3 is 0 Å². The standard InChI is InChI=1S/C20H29N3O3/c1-7-13(2)17(21-16(24)12-20(3,4)5)19-22-18(23-26-19)14-9-8-10-15(11-14)25-6/h8-11,13,17H,7,12H2,1-6H3,(H,21,24)/t13-,17-/m0/s1.